The van der Waals surface area contributed by atoms with E-state index >= 15 is 0 Å². The Morgan fingerprint density at radius 2 is 1.71 bits per heavy atom. The van der Waals surface area contributed by atoms with E-state index in [1.165, 1.54) is 0 Å². The molecule has 0 aromatic heterocycles. The fourth-order valence-corrected chi connectivity index (χ4v) is 3.72. The maximum Gasteiger partial charge on any atom is 0.256 e. The number of anilines is 1. The Hall–Kier alpha value is -1.11. The molecule has 0 saturated carbocycles. The second-order valence-corrected chi connectivity index (χ2v) is 7.16. The van der Waals surface area contributed by atoms with Crippen LogP contribution in [-0.2, 0) is 4.79 Å². The van der Waals surface area contributed by atoms with Crippen molar-refractivity contribution in [2.75, 3.05) is 5.32 Å². The molecule has 1 aliphatic heterocycles. The van der Waals surface area contributed by atoms with E-state index in [1.807, 2.05) is 18.2 Å². The van der Waals surface area contributed by atoms with Gasteiger partial charge in [-0.2, -0.15) is 0 Å². The van der Waals surface area contributed by atoms with Gasteiger partial charge in [-0.25, -0.2) is 0 Å². The zero-order chi connectivity index (χ0) is 15.1. The summed E-state index contributed by atoms with van der Waals surface area (Å²) in [5, 5.41) is 12.6. The van der Waals surface area contributed by atoms with Crippen molar-refractivity contribution < 1.29 is 9.90 Å². The Morgan fingerprint density at radius 3 is 2.38 bits per heavy atom. The Morgan fingerprint density at radius 1 is 1.05 bits per heavy atom. The van der Waals surface area contributed by atoms with Crippen LogP contribution in [-0.4, -0.2) is 11.0 Å². The maximum absolute atomic E-state index is 12.1. The molecule has 3 rings (SSSR count). The van der Waals surface area contributed by atoms with Crippen molar-refractivity contribution >= 4 is 71.0 Å². The lowest BCUT2D eigenvalue weighted by molar-refractivity contribution is -0.110. The molecule has 1 amide bonds. The van der Waals surface area contributed by atoms with Gasteiger partial charge in [0.05, 0.1) is 8.95 Å². The molecule has 0 saturated heterocycles. The highest BCUT2D eigenvalue weighted by Crippen LogP contribution is 2.37. The van der Waals surface area contributed by atoms with Gasteiger partial charge in [-0.05, 0) is 73.8 Å². The van der Waals surface area contributed by atoms with E-state index in [4.69, 9.17) is 0 Å². The molecule has 3 nitrogen and oxygen atoms in total. The van der Waals surface area contributed by atoms with E-state index in [9.17, 15) is 9.90 Å². The number of hydrogen-bond donors (Lipinski definition) is 2. The first kappa shape index (κ1) is 14.8. The van der Waals surface area contributed by atoms with Crippen molar-refractivity contribution in [3.63, 3.8) is 0 Å². The SMILES string of the molecule is O=C1Nc2ccc(Br)cc2/C1=C\c1cc(Br)c(O)c(Br)c1. The summed E-state index contributed by atoms with van der Waals surface area (Å²) in [6.07, 6.45) is 1.79. The van der Waals surface area contributed by atoms with Gasteiger partial charge >= 0.3 is 0 Å². The van der Waals surface area contributed by atoms with Gasteiger partial charge in [0.25, 0.3) is 5.91 Å². The van der Waals surface area contributed by atoms with Gasteiger partial charge in [-0.1, -0.05) is 15.9 Å². The molecule has 0 fully saturated rings. The summed E-state index contributed by atoms with van der Waals surface area (Å²) < 4.78 is 2.05. The number of nitrogens with one attached hydrogen (secondary N) is 1. The van der Waals surface area contributed by atoms with Crippen LogP contribution in [0.4, 0.5) is 5.69 Å². The molecule has 0 spiro atoms. The second kappa shape index (κ2) is 5.59. The minimum atomic E-state index is -0.136. The number of aromatic hydroxyl groups is 1. The first-order valence-corrected chi connectivity index (χ1v) is 8.34. The highest BCUT2D eigenvalue weighted by atomic mass is 79.9. The zero-order valence-corrected chi connectivity index (χ0v) is 15.2. The summed E-state index contributed by atoms with van der Waals surface area (Å²) in [7, 11) is 0. The van der Waals surface area contributed by atoms with Crippen LogP contribution in [0.1, 0.15) is 11.1 Å². The van der Waals surface area contributed by atoms with E-state index in [1.54, 1.807) is 18.2 Å². The van der Waals surface area contributed by atoms with Crippen LogP contribution in [0.2, 0.25) is 0 Å². The highest BCUT2D eigenvalue weighted by molar-refractivity contribution is 9.11. The van der Waals surface area contributed by atoms with E-state index in [-0.39, 0.29) is 11.7 Å². The predicted octanol–water partition coefficient (Wildman–Crippen LogP) is 5.17. The summed E-state index contributed by atoms with van der Waals surface area (Å²) >= 11 is 9.99. The monoisotopic (exact) mass is 471 g/mol. The molecule has 0 radical (unpaired) electrons. The number of fused-ring (bicyclic) bond motifs is 1. The average Bonchev–Trinajstić information content (AvgIpc) is 2.72. The number of phenolic OH excluding ortho intramolecular Hbond substituents is 1. The minimum Gasteiger partial charge on any atom is -0.506 e. The second-order valence-electron chi connectivity index (χ2n) is 4.54. The first-order chi connectivity index (χ1) is 9.95. The minimum absolute atomic E-state index is 0.135. The average molecular weight is 474 g/mol. The van der Waals surface area contributed by atoms with E-state index < -0.39 is 0 Å². The van der Waals surface area contributed by atoms with Crippen LogP contribution in [0, 0.1) is 0 Å². The number of halogens is 3. The van der Waals surface area contributed by atoms with Gasteiger partial charge < -0.3 is 10.4 Å². The third-order valence-corrected chi connectivity index (χ3v) is 4.82. The van der Waals surface area contributed by atoms with Crippen molar-refractivity contribution in [1.29, 1.82) is 0 Å². The third kappa shape index (κ3) is 2.80. The van der Waals surface area contributed by atoms with E-state index in [2.05, 4.69) is 53.1 Å². The van der Waals surface area contributed by atoms with Crippen LogP contribution < -0.4 is 5.32 Å². The smallest absolute Gasteiger partial charge is 0.256 e. The molecule has 1 aliphatic rings. The molecule has 2 aromatic rings. The standard InChI is InChI=1S/C15H8Br3NO2/c16-8-1-2-13-9(6-8)10(15(21)19-13)3-7-4-11(17)14(20)12(18)5-7/h1-6,20H,(H,19,21)/b10-3+. The van der Waals surface area contributed by atoms with Crippen LogP contribution in [0.15, 0.2) is 43.7 Å². The quantitative estimate of drug-likeness (QED) is 0.561. The Kier molecular flexibility index (Phi) is 3.94. The fraction of sp³-hybridized carbons (Fsp3) is 0. The maximum atomic E-state index is 12.1. The largest absolute Gasteiger partial charge is 0.506 e. The molecule has 1 heterocycles. The fourth-order valence-electron chi connectivity index (χ4n) is 2.14. The van der Waals surface area contributed by atoms with Crippen molar-refractivity contribution in [2.24, 2.45) is 0 Å². The van der Waals surface area contributed by atoms with E-state index in [0.29, 0.717) is 14.5 Å². The van der Waals surface area contributed by atoms with Gasteiger partial charge in [0.1, 0.15) is 5.75 Å². The van der Waals surface area contributed by atoms with Crippen LogP contribution in [0.25, 0.3) is 11.6 Å². The molecule has 2 N–H and O–H groups in total. The number of carbonyl (C=O) groups excluding carboxylic acids is 1. The first-order valence-electron chi connectivity index (χ1n) is 5.96. The number of phenols is 1. The molecule has 2 aromatic carbocycles. The Labute approximate surface area is 146 Å². The molecule has 6 heteroatoms. The molecule has 0 bridgehead atoms. The van der Waals surface area contributed by atoms with Crippen LogP contribution in [0.3, 0.4) is 0 Å². The number of hydrogen-bond acceptors (Lipinski definition) is 2. The zero-order valence-electron chi connectivity index (χ0n) is 10.5. The van der Waals surface area contributed by atoms with Gasteiger partial charge in [0.15, 0.2) is 0 Å². The van der Waals surface area contributed by atoms with E-state index in [0.717, 1.165) is 21.3 Å². The number of amides is 1. The molecule has 21 heavy (non-hydrogen) atoms. The molecule has 106 valence electrons. The molecular weight excluding hydrogens is 466 g/mol. The third-order valence-electron chi connectivity index (χ3n) is 3.11. The van der Waals surface area contributed by atoms with Crippen molar-refractivity contribution in [3.05, 3.63) is 54.9 Å². The van der Waals surface area contributed by atoms with Crippen molar-refractivity contribution in [2.45, 2.75) is 0 Å². The summed E-state index contributed by atoms with van der Waals surface area (Å²) in [5.41, 5.74) is 3.06. The summed E-state index contributed by atoms with van der Waals surface area (Å²) in [5.74, 6) is -0.000382. The topological polar surface area (TPSA) is 49.3 Å². The Bertz CT molecular complexity index is 776. The lowest BCUT2D eigenvalue weighted by Gasteiger charge is -2.04. The normalized spacial score (nSPS) is 15.2. The summed E-state index contributed by atoms with van der Waals surface area (Å²) in [6.45, 7) is 0. The van der Waals surface area contributed by atoms with Crippen LogP contribution in [0.5, 0.6) is 5.75 Å². The molecule has 0 unspecified atom stereocenters. The Balaban J connectivity index is 2.13. The van der Waals surface area contributed by atoms with Gasteiger partial charge in [-0.3, -0.25) is 4.79 Å². The van der Waals surface area contributed by atoms with Gasteiger partial charge in [-0.15, -0.1) is 0 Å². The summed E-state index contributed by atoms with van der Waals surface area (Å²) in [4.78, 5) is 12.1. The van der Waals surface area contributed by atoms with Gasteiger partial charge in [0.2, 0.25) is 0 Å². The van der Waals surface area contributed by atoms with Crippen molar-refractivity contribution in [1.82, 2.24) is 0 Å². The van der Waals surface area contributed by atoms with Crippen molar-refractivity contribution in [3.8, 4) is 5.75 Å². The molecule has 0 aliphatic carbocycles. The number of carbonyl (C=O) groups is 1. The van der Waals surface area contributed by atoms with Gasteiger partial charge in [0, 0.05) is 21.3 Å². The lowest BCUT2D eigenvalue weighted by atomic mass is 10.0. The molecular formula is C15H8Br3NO2. The van der Waals surface area contributed by atoms with Crippen LogP contribution >= 0.6 is 47.8 Å². The number of rotatable bonds is 1. The lowest BCUT2D eigenvalue weighted by Crippen LogP contribution is -2.03. The molecule has 0 atom stereocenters. The summed E-state index contributed by atoms with van der Waals surface area (Å²) in [6, 6.07) is 9.17. The number of benzene rings is 2. The highest BCUT2D eigenvalue weighted by Gasteiger charge is 2.24. The predicted molar refractivity (Wildman–Crippen MR) is 94.1 cm³/mol.